The summed E-state index contributed by atoms with van der Waals surface area (Å²) in [7, 11) is 0. The predicted octanol–water partition coefficient (Wildman–Crippen LogP) is 0.307. The second kappa shape index (κ2) is 7.00. The fraction of sp³-hybridized carbons (Fsp3) is 0.636. The van der Waals surface area contributed by atoms with Gasteiger partial charge in [-0.15, -0.1) is 0 Å². The topological polar surface area (TPSA) is 59.0 Å². The molecule has 5 heteroatoms. The van der Waals surface area contributed by atoms with Gasteiger partial charge in [0, 0.05) is 25.7 Å². The Balaban J connectivity index is 2.08. The fourth-order valence-corrected chi connectivity index (χ4v) is 1.37. The molecule has 2 N–H and O–H groups in total. The van der Waals surface area contributed by atoms with Crippen molar-refractivity contribution in [2.45, 2.75) is 26.8 Å². The van der Waals surface area contributed by atoms with E-state index in [2.05, 4.69) is 15.7 Å². The van der Waals surface area contributed by atoms with Crippen molar-refractivity contribution >= 4 is 5.91 Å². The van der Waals surface area contributed by atoms with Crippen LogP contribution in [0.1, 0.15) is 18.9 Å². The minimum atomic E-state index is 0.0878. The number of aryl methyl sites for hydroxylation is 1. The molecule has 1 aromatic heterocycles. The molecule has 0 spiro atoms. The lowest BCUT2D eigenvalue weighted by molar-refractivity contribution is -0.121. The highest BCUT2D eigenvalue weighted by Crippen LogP contribution is 1.92. The number of carbonyl (C=O) groups excluding carboxylic acids is 1. The van der Waals surface area contributed by atoms with Crippen LogP contribution >= 0.6 is 0 Å². The Morgan fingerprint density at radius 1 is 1.50 bits per heavy atom. The molecule has 5 nitrogen and oxygen atoms in total. The third-order valence-electron chi connectivity index (χ3n) is 2.20. The van der Waals surface area contributed by atoms with Crippen LogP contribution in [-0.4, -0.2) is 35.3 Å². The zero-order valence-corrected chi connectivity index (χ0v) is 9.99. The van der Waals surface area contributed by atoms with Crippen molar-refractivity contribution in [2.75, 3.05) is 19.6 Å². The van der Waals surface area contributed by atoms with Crippen molar-refractivity contribution in [1.82, 2.24) is 20.4 Å². The molecule has 0 aliphatic rings. The first kappa shape index (κ1) is 12.7. The van der Waals surface area contributed by atoms with E-state index in [1.165, 1.54) is 0 Å². The number of rotatable bonds is 7. The number of hydrogen-bond donors (Lipinski definition) is 2. The van der Waals surface area contributed by atoms with Gasteiger partial charge in [0.1, 0.15) is 0 Å². The molecule has 0 bridgehead atoms. The van der Waals surface area contributed by atoms with Crippen molar-refractivity contribution in [3.8, 4) is 0 Å². The fourth-order valence-electron chi connectivity index (χ4n) is 1.37. The Morgan fingerprint density at radius 2 is 2.31 bits per heavy atom. The van der Waals surface area contributed by atoms with Gasteiger partial charge in [-0.05, 0) is 19.0 Å². The Kier molecular flexibility index (Phi) is 5.56. The second-order valence-corrected chi connectivity index (χ2v) is 3.73. The van der Waals surface area contributed by atoms with Gasteiger partial charge in [-0.25, -0.2) is 0 Å². The summed E-state index contributed by atoms with van der Waals surface area (Å²) < 4.78 is 1.83. The number of amides is 1. The molecule has 0 aromatic carbocycles. The van der Waals surface area contributed by atoms with Gasteiger partial charge in [0.2, 0.25) is 5.91 Å². The quantitative estimate of drug-likeness (QED) is 0.655. The molecular formula is C11H20N4O. The average Bonchev–Trinajstić information content (AvgIpc) is 2.65. The minimum absolute atomic E-state index is 0.0878. The Hall–Kier alpha value is -1.36. The summed E-state index contributed by atoms with van der Waals surface area (Å²) in [6.45, 7) is 7.02. The predicted molar refractivity (Wildman–Crippen MR) is 63.1 cm³/mol. The third-order valence-corrected chi connectivity index (χ3v) is 2.20. The number of hydrogen-bond acceptors (Lipinski definition) is 3. The zero-order chi connectivity index (χ0) is 11.8. The molecule has 16 heavy (non-hydrogen) atoms. The molecule has 0 aliphatic carbocycles. The minimum Gasteiger partial charge on any atom is -0.354 e. The molecule has 1 heterocycles. The number of nitrogens with zero attached hydrogens (tertiary/aromatic N) is 2. The number of nitrogens with one attached hydrogen (secondary N) is 2. The average molecular weight is 224 g/mol. The lowest BCUT2D eigenvalue weighted by atomic mass is 10.4. The van der Waals surface area contributed by atoms with Gasteiger partial charge in [0.25, 0.3) is 0 Å². The van der Waals surface area contributed by atoms with Gasteiger partial charge in [0.05, 0.1) is 12.7 Å². The third kappa shape index (κ3) is 4.93. The molecule has 0 saturated carbocycles. The molecule has 0 unspecified atom stereocenters. The summed E-state index contributed by atoms with van der Waals surface area (Å²) in [6.07, 6.45) is 4.31. The van der Waals surface area contributed by atoms with Crippen LogP contribution in [0.15, 0.2) is 12.4 Å². The maximum Gasteiger partial charge on any atom is 0.221 e. The van der Waals surface area contributed by atoms with Crippen molar-refractivity contribution in [3.63, 3.8) is 0 Å². The normalized spacial score (nSPS) is 10.4. The summed E-state index contributed by atoms with van der Waals surface area (Å²) in [5.41, 5.74) is 1.14. The summed E-state index contributed by atoms with van der Waals surface area (Å²) in [6, 6.07) is 0. The second-order valence-electron chi connectivity index (χ2n) is 3.73. The number of carbonyl (C=O) groups is 1. The van der Waals surface area contributed by atoms with Crippen LogP contribution in [0.4, 0.5) is 0 Å². The summed E-state index contributed by atoms with van der Waals surface area (Å²) in [5, 5.41) is 10.1. The monoisotopic (exact) mass is 224 g/mol. The zero-order valence-electron chi connectivity index (χ0n) is 9.99. The number of aromatic nitrogens is 2. The molecule has 1 rings (SSSR count). The van der Waals surface area contributed by atoms with Crippen LogP contribution < -0.4 is 10.6 Å². The molecular weight excluding hydrogens is 204 g/mol. The Bertz CT molecular complexity index is 322. The molecule has 1 aromatic rings. The van der Waals surface area contributed by atoms with E-state index in [0.29, 0.717) is 13.0 Å². The molecule has 90 valence electrons. The van der Waals surface area contributed by atoms with Gasteiger partial charge < -0.3 is 10.6 Å². The highest BCUT2D eigenvalue weighted by atomic mass is 16.1. The van der Waals surface area contributed by atoms with E-state index >= 15 is 0 Å². The highest BCUT2D eigenvalue weighted by Gasteiger charge is 2.00. The van der Waals surface area contributed by atoms with Crippen molar-refractivity contribution < 1.29 is 4.79 Å². The van der Waals surface area contributed by atoms with Gasteiger partial charge in [-0.3, -0.25) is 9.48 Å². The summed E-state index contributed by atoms with van der Waals surface area (Å²) in [5.74, 6) is 0.0878. The molecule has 0 radical (unpaired) electrons. The first-order chi connectivity index (χ1) is 7.72. The van der Waals surface area contributed by atoms with Crippen LogP contribution in [0, 0.1) is 6.92 Å². The first-order valence-corrected chi connectivity index (χ1v) is 5.69. The summed E-state index contributed by atoms with van der Waals surface area (Å²) in [4.78, 5) is 11.3. The van der Waals surface area contributed by atoms with Crippen LogP contribution in [0.5, 0.6) is 0 Å². The molecule has 0 saturated heterocycles. The molecule has 0 atom stereocenters. The SMILES string of the molecule is CCNCCC(=O)NCCn1cc(C)cn1. The van der Waals surface area contributed by atoms with E-state index in [1.54, 1.807) is 0 Å². The lowest BCUT2D eigenvalue weighted by Gasteiger charge is -2.05. The first-order valence-electron chi connectivity index (χ1n) is 5.69. The van der Waals surface area contributed by atoms with E-state index in [-0.39, 0.29) is 5.91 Å². The van der Waals surface area contributed by atoms with Gasteiger partial charge in [-0.1, -0.05) is 6.92 Å². The molecule has 1 amide bonds. The smallest absolute Gasteiger partial charge is 0.221 e. The van der Waals surface area contributed by atoms with Gasteiger partial charge >= 0.3 is 0 Å². The van der Waals surface area contributed by atoms with E-state index in [0.717, 1.165) is 25.2 Å². The van der Waals surface area contributed by atoms with Gasteiger partial charge in [0.15, 0.2) is 0 Å². The van der Waals surface area contributed by atoms with Gasteiger partial charge in [-0.2, -0.15) is 5.10 Å². The van der Waals surface area contributed by atoms with Crippen LogP contribution in [-0.2, 0) is 11.3 Å². The largest absolute Gasteiger partial charge is 0.354 e. The molecule has 0 fully saturated rings. The van der Waals surface area contributed by atoms with Crippen molar-refractivity contribution in [1.29, 1.82) is 0 Å². The highest BCUT2D eigenvalue weighted by molar-refractivity contribution is 5.75. The van der Waals surface area contributed by atoms with E-state index < -0.39 is 0 Å². The van der Waals surface area contributed by atoms with E-state index in [9.17, 15) is 4.79 Å². The Labute approximate surface area is 96.2 Å². The lowest BCUT2D eigenvalue weighted by Crippen LogP contribution is -2.30. The van der Waals surface area contributed by atoms with Crippen LogP contribution in [0.3, 0.4) is 0 Å². The van der Waals surface area contributed by atoms with Crippen LogP contribution in [0.25, 0.3) is 0 Å². The maximum atomic E-state index is 11.3. The van der Waals surface area contributed by atoms with E-state index in [1.807, 2.05) is 30.9 Å². The molecule has 0 aliphatic heterocycles. The van der Waals surface area contributed by atoms with Crippen molar-refractivity contribution in [2.24, 2.45) is 0 Å². The van der Waals surface area contributed by atoms with E-state index in [4.69, 9.17) is 0 Å². The standard InChI is InChI=1S/C11H20N4O/c1-3-12-5-4-11(16)13-6-7-15-9-10(2)8-14-15/h8-9,12H,3-7H2,1-2H3,(H,13,16). The maximum absolute atomic E-state index is 11.3. The Morgan fingerprint density at radius 3 is 2.94 bits per heavy atom. The summed E-state index contributed by atoms with van der Waals surface area (Å²) >= 11 is 0. The van der Waals surface area contributed by atoms with Crippen molar-refractivity contribution in [3.05, 3.63) is 18.0 Å². The van der Waals surface area contributed by atoms with Crippen LogP contribution in [0.2, 0.25) is 0 Å².